The van der Waals surface area contributed by atoms with Crippen molar-refractivity contribution in [3.8, 4) is 17.3 Å². The van der Waals surface area contributed by atoms with Gasteiger partial charge in [0.2, 0.25) is 0 Å². The molecule has 4 N–H and O–H groups in total. The molecular formula is C17H16N5O6P. The Labute approximate surface area is 164 Å². The molecule has 11 nitrogen and oxygen atoms in total. The number of H-pyrrole nitrogens is 1. The molecule has 0 fully saturated rings. The number of nitrogens with zero attached hydrogens (tertiary/aromatic N) is 3. The first-order valence-corrected chi connectivity index (χ1v) is 9.85. The van der Waals surface area contributed by atoms with E-state index in [9.17, 15) is 23.9 Å². The van der Waals surface area contributed by atoms with Gasteiger partial charge in [0.15, 0.2) is 11.6 Å². The Morgan fingerprint density at radius 2 is 1.97 bits per heavy atom. The van der Waals surface area contributed by atoms with Crippen LogP contribution in [-0.4, -0.2) is 43.0 Å². The highest BCUT2D eigenvalue weighted by atomic mass is 31.2. The zero-order chi connectivity index (χ0) is 21.0. The topological polar surface area (TPSA) is 167 Å². The Balaban J connectivity index is 1.88. The number of hydrogen-bond donors (Lipinski definition) is 4. The number of methoxy groups -OCH3 is 1. The molecule has 1 unspecified atom stereocenters. The van der Waals surface area contributed by atoms with E-state index in [1.807, 2.05) is 0 Å². The SMILES string of the molecule is COc1ccc(C(NC(=O)c2cnc(-c3cccnn3)[nH]c2=O)P(=O)(O)O)cc1. The minimum absolute atomic E-state index is 0.0985. The first-order valence-electron chi connectivity index (χ1n) is 8.17. The molecule has 1 amide bonds. The number of benzene rings is 1. The van der Waals surface area contributed by atoms with Crippen molar-refractivity contribution in [2.75, 3.05) is 7.11 Å². The molecule has 2 aromatic heterocycles. The lowest BCUT2D eigenvalue weighted by molar-refractivity contribution is 0.0941. The summed E-state index contributed by atoms with van der Waals surface area (Å²) in [5.74, 6) is -2.07. The maximum atomic E-state index is 12.5. The summed E-state index contributed by atoms with van der Waals surface area (Å²) in [5.41, 5.74) is -0.766. The molecule has 1 aromatic carbocycles. The second kappa shape index (κ2) is 8.31. The number of aromatic amines is 1. The number of aromatic nitrogens is 4. The number of amides is 1. The zero-order valence-corrected chi connectivity index (χ0v) is 15.9. The molecule has 0 radical (unpaired) electrons. The monoisotopic (exact) mass is 417 g/mol. The molecule has 0 aliphatic carbocycles. The highest BCUT2D eigenvalue weighted by Gasteiger charge is 2.33. The first-order chi connectivity index (χ1) is 13.8. The van der Waals surface area contributed by atoms with Gasteiger partial charge in [0.05, 0.1) is 7.11 Å². The summed E-state index contributed by atoms with van der Waals surface area (Å²) < 4.78 is 16.9. The summed E-state index contributed by atoms with van der Waals surface area (Å²) in [4.78, 5) is 50.5. The van der Waals surface area contributed by atoms with Gasteiger partial charge in [-0.3, -0.25) is 14.2 Å². The minimum atomic E-state index is -4.79. The molecule has 0 aliphatic rings. The number of rotatable bonds is 6. The standard InChI is InChI=1S/C17H16N5O6P/c1-28-11-6-4-10(5-7-11)17(29(25,26)27)21-16(24)12-9-18-14(20-15(12)23)13-3-2-8-19-22-13/h2-9,17H,1H3,(H,21,24)(H,18,20,23)(H2,25,26,27). The van der Waals surface area contributed by atoms with Crippen LogP contribution >= 0.6 is 7.60 Å². The highest BCUT2D eigenvalue weighted by molar-refractivity contribution is 7.52. The molecule has 0 saturated carbocycles. The van der Waals surface area contributed by atoms with Crippen LogP contribution in [-0.2, 0) is 4.57 Å². The van der Waals surface area contributed by atoms with Gasteiger partial charge in [-0.1, -0.05) is 12.1 Å². The van der Waals surface area contributed by atoms with Crippen molar-refractivity contribution in [1.29, 1.82) is 0 Å². The molecular weight excluding hydrogens is 401 g/mol. The highest BCUT2D eigenvalue weighted by Crippen LogP contribution is 2.50. The van der Waals surface area contributed by atoms with Crippen molar-refractivity contribution < 1.29 is 23.9 Å². The molecule has 12 heteroatoms. The van der Waals surface area contributed by atoms with Gasteiger partial charge in [-0.15, -0.1) is 5.10 Å². The second-order valence-electron chi connectivity index (χ2n) is 5.82. The Bertz CT molecular complexity index is 1110. The van der Waals surface area contributed by atoms with E-state index in [-0.39, 0.29) is 11.4 Å². The van der Waals surface area contributed by atoms with E-state index in [0.717, 1.165) is 6.20 Å². The fourth-order valence-electron chi connectivity index (χ4n) is 2.46. The lowest BCUT2D eigenvalue weighted by atomic mass is 10.2. The molecule has 29 heavy (non-hydrogen) atoms. The second-order valence-corrected chi connectivity index (χ2v) is 7.52. The summed E-state index contributed by atoms with van der Waals surface area (Å²) in [6.07, 6.45) is 2.45. The quantitative estimate of drug-likeness (QED) is 0.425. The minimum Gasteiger partial charge on any atom is -0.497 e. The Kier molecular flexibility index (Phi) is 5.83. The van der Waals surface area contributed by atoms with Gasteiger partial charge in [-0.2, -0.15) is 5.10 Å². The van der Waals surface area contributed by atoms with Gasteiger partial charge >= 0.3 is 7.60 Å². The summed E-state index contributed by atoms with van der Waals surface area (Å²) in [6.45, 7) is 0. The van der Waals surface area contributed by atoms with Gasteiger partial charge in [-0.25, -0.2) is 4.98 Å². The van der Waals surface area contributed by atoms with Crippen LogP contribution in [0.25, 0.3) is 11.5 Å². The molecule has 0 aliphatic heterocycles. The average molecular weight is 417 g/mol. The van der Waals surface area contributed by atoms with Gasteiger partial charge in [0, 0.05) is 12.4 Å². The average Bonchev–Trinajstić information content (AvgIpc) is 2.71. The van der Waals surface area contributed by atoms with Crippen LogP contribution in [0.1, 0.15) is 21.7 Å². The Morgan fingerprint density at radius 3 is 2.52 bits per heavy atom. The lowest BCUT2D eigenvalue weighted by Crippen LogP contribution is -2.33. The van der Waals surface area contributed by atoms with Crippen LogP contribution in [0.3, 0.4) is 0 Å². The van der Waals surface area contributed by atoms with Crippen molar-refractivity contribution in [1.82, 2.24) is 25.5 Å². The third-order valence-corrected chi connectivity index (χ3v) is 4.99. The van der Waals surface area contributed by atoms with Crippen molar-refractivity contribution in [3.63, 3.8) is 0 Å². The summed E-state index contributed by atoms with van der Waals surface area (Å²) in [6, 6.07) is 8.97. The molecule has 3 aromatic rings. The van der Waals surface area contributed by atoms with E-state index < -0.39 is 30.4 Å². The van der Waals surface area contributed by atoms with Crippen LogP contribution in [0, 0.1) is 0 Å². The molecule has 3 rings (SSSR count). The number of ether oxygens (including phenoxy) is 1. The lowest BCUT2D eigenvalue weighted by Gasteiger charge is -2.20. The predicted molar refractivity (Wildman–Crippen MR) is 101 cm³/mol. The smallest absolute Gasteiger partial charge is 0.352 e. The van der Waals surface area contributed by atoms with E-state index in [1.54, 1.807) is 12.1 Å². The number of carbonyl (C=O) groups is 1. The van der Waals surface area contributed by atoms with E-state index in [4.69, 9.17) is 4.74 Å². The Morgan fingerprint density at radius 1 is 1.24 bits per heavy atom. The van der Waals surface area contributed by atoms with Gasteiger partial charge in [-0.05, 0) is 29.8 Å². The third kappa shape index (κ3) is 4.72. The predicted octanol–water partition coefficient (Wildman–Crippen LogP) is 0.842. The van der Waals surface area contributed by atoms with E-state index in [0.29, 0.717) is 11.4 Å². The van der Waals surface area contributed by atoms with Crippen LogP contribution < -0.4 is 15.6 Å². The maximum Gasteiger partial charge on any atom is 0.352 e. The molecule has 0 bridgehead atoms. The molecule has 2 heterocycles. The molecule has 0 spiro atoms. The van der Waals surface area contributed by atoms with E-state index in [1.165, 1.54) is 37.6 Å². The van der Waals surface area contributed by atoms with E-state index >= 15 is 0 Å². The zero-order valence-electron chi connectivity index (χ0n) is 15.0. The van der Waals surface area contributed by atoms with Crippen LogP contribution in [0.15, 0.2) is 53.6 Å². The van der Waals surface area contributed by atoms with Crippen LogP contribution in [0.5, 0.6) is 5.75 Å². The van der Waals surface area contributed by atoms with Crippen molar-refractivity contribution in [2.24, 2.45) is 0 Å². The normalized spacial score (nSPS) is 12.2. The first kappa shape index (κ1) is 20.3. The largest absolute Gasteiger partial charge is 0.497 e. The van der Waals surface area contributed by atoms with Gasteiger partial charge < -0.3 is 24.8 Å². The van der Waals surface area contributed by atoms with Gasteiger partial charge in [0.25, 0.3) is 11.5 Å². The van der Waals surface area contributed by atoms with Crippen LogP contribution in [0.2, 0.25) is 0 Å². The number of carbonyl (C=O) groups excluding carboxylic acids is 1. The van der Waals surface area contributed by atoms with E-state index in [2.05, 4.69) is 25.5 Å². The summed E-state index contributed by atoms with van der Waals surface area (Å²) >= 11 is 0. The number of nitrogens with one attached hydrogen (secondary N) is 2. The van der Waals surface area contributed by atoms with Crippen molar-refractivity contribution in [3.05, 3.63) is 70.3 Å². The van der Waals surface area contributed by atoms with Crippen molar-refractivity contribution >= 4 is 13.5 Å². The Hall–Kier alpha value is -3.40. The van der Waals surface area contributed by atoms with Crippen LogP contribution in [0.4, 0.5) is 0 Å². The maximum absolute atomic E-state index is 12.5. The molecule has 0 saturated heterocycles. The van der Waals surface area contributed by atoms with Crippen molar-refractivity contribution in [2.45, 2.75) is 5.78 Å². The third-order valence-electron chi connectivity index (χ3n) is 3.89. The van der Waals surface area contributed by atoms with Gasteiger partial charge in [0.1, 0.15) is 17.0 Å². The number of hydrogen-bond acceptors (Lipinski definition) is 7. The summed E-state index contributed by atoms with van der Waals surface area (Å²) in [7, 11) is -3.35. The fraction of sp³-hybridized carbons (Fsp3) is 0.118. The fourth-order valence-corrected chi connectivity index (χ4v) is 3.31. The molecule has 150 valence electrons. The summed E-state index contributed by atoms with van der Waals surface area (Å²) in [5, 5.41) is 9.67. The molecule has 1 atom stereocenters.